The van der Waals surface area contributed by atoms with Crippen LogP contribution in [0.25, 0.3) is 5.69 Å². The Labute approximate surface area is 236 Å². The van der Waals surface area contributed by atoms with Crippen molar-refractivity contribution in [2.75, 3.05) is 17.7 Å². The number of anilines is 3. The van der Waals surface area contributed by atoms with Crippen LogP contribution >= 0.6 is 0 Å². The number of hydrogen-bond donors (Lipinski definition) is 3. The standard InChI is InChI=1S/C28H30FN9O3/c1-17(33-27(39)41-28(2,3)4)23(18-9-7-6-8-10-18)35-25-21(29)13-19(15-30)24(36-25)34-20-14-22(26(40-5)31-16-20)38-12-11-32-37-38/h6-14,16-17,23H,1-5H3,(H,33,39)(H2,34,35,36)/t17-,23-/m0/s1. The maximum absolute atomic E-state index is 15.3. The van der Waals surface area contributed by atoms with E-state index in [0.717, 1.165) is 11.6 Å². The van der Waals surface area contributed by atoms with Crippen LogP contribution in [0.2, 0.25) is 0 Å². The first kappa shape index (κ1) is 28.8. The molecule has 0 bridgehead atoms. The molecule has 4 aromatic rings. The summed E-state index contributed by atoms with van der Waals surface area (Å²) < 4.78 is 27.5. The Kier molecular flexibility index (Phi) is 8.62. The monoisotopic (exact) mass is 559 g/mol. The van der Waals surface area contributed by atoms with E-state index in [4.69, 9.17) is 9.47 Å². The molecule has 3 aromatic heterocycles. The molecule has 3 heterocycles. The second-order valence-corrected chi connectivity index (χ2v) is 10.0. The van der Waals surface area contributed by atoms with Crippen LogP contribution in [0.1, 0.15) is 44.9 Å². The number of hydrogen-bond acceptors (Lipinski definition) is 10. The first-order valence-corrected chi connectivity index (χ1v) is 12.7. The van der Waals surface area contributed by atoms with Gasteiger partial charge in [-0.05, 0) is 45.4 Å². The summed E-state index contributed by atoms with van der Waals surface area (Å²) >= 11 is 0. The van der Waals surface area contributed by atoms with Gasteiger partial charge in [-0.3, -0.25) is 0 Å². The zero-order chi connectivity index (χ0) is 29.6. The molecule has 4 rings (SSSR count). The zero-order valence-electron chi connectivity index (χ0n) is 23.2. The third-order valence-electron chi connectivity index (χ3n) is 5.75. The van der Waals surface area contributed by atoms with Gasteiger partial charge in [0, 0.05) is 0 Å². The van der Waals surface area contributed by atoms with Crippen LogP contribution in [0.3, 0.4) is 0 Å². The normalized spacial score (nSPS) is 12.5. The molecule has 0 unspecified atom stereocenters. The summed E-state index contributed by atoms with van der Waals surface area (Å²) in [7, 11) is 1.48. The third-order valence-corrected chi connectivity index (χ3v) is 5.75. The molecule has 0 saturated heterocycles. The maximum atomic E-state index is 15.3. The zero-order valence-corrected chi connectivity index (χ0v) is 23.2. The molecule has 41 heavy (non-hydrogen) atoms. The predicted octanol–water partition coefficient (Wildman–Crippen LogP) is 4.89. The second-order valence-electron chi connectivity index (χ2n) is 10.0. The van der Waals surface area contributed by atoms with Crippen molar-refractivity contribution in [2.45, 2.75) is 45.4 Å². The lowest BCUT2D eigenvalue weighted by molar-refractivity contribution is 0.0503. The number of carbonyl (C=O) groups excluding carboxylic acids is 1. The van der Waals surface area contributed by atoms with Gasteiger partial charge in [0.2, 0.25) is 5.88 Å². The van der Waals surface area contributed by atoms with E-state index in [9.17, 15) is 10.1 Å². The summed E-state index contributed by atoms with van der Waals surface area (Å²) in [4.78, 5) is 21.2. The SMILES string of the molecule is COc1ncc(Nc2nc(N[C@H](c3ccccc3)[C@H](C)NC(=O)OC(C)(C)C)c(F)cc2C#N)cc1-n1ccnn1. The lowest BCUT2D eigenvalue weighted by atomic mass is 10.0. The molecule has 0 fully saturated rings. The molecule has 212 valence electrons. The first-order chi connectivity index (χ1) is 19.6. The minimum absolute atomic E-state index is 0.0256. The molecule has 2 atom stereocenters. The Morgan fingerprint density at radius 3 is 2.56 bits per heavy atom. The van der Waals surface area contributed by atoms with Gasteiger partial charge in [-0.25, -0.2) is 23.8 Å². The molecule has 13 heteroatoms. The molecule has 0 saturated carbocycles. The van der Waals surface area contributed by atoms with E-state index in [0.29, 0.717) is 17.3 Å². The smallest absolute Gasteiger partial charge is 0.407 e. The molecule has 12 nitrogen and oxygen atoms in total. The van der Waals surface area contributed by atoms with Crippen molar-refractivity contribution in [3.63, 3.8) is 0 Å². The topological polar surface area (TPSA) is 152 Å². The van der Waals surface area contributed by atoms with Gasteiger partial charge >= 0.3 is 6.09 Å². The fraction of sp³-hybridized carbons (Fsp3) is 0.286. The van der Waals surface area contributed by atoms with Crippen molar-refractivity contribution in [2.24, 2.45) is 0 Å². The van der Waals surface area contributed by atoms with E-state index in [1.165, 1.54) is 24.2 Å². The van der Waals surface area contributed by atoms with Crippen LogP contribution in [-0.2, 0) is 4.74 Å². The molecular weight excluding hydrogens is 529 g/mol. The average molecular weight is 560 g/mol. The van der Waals surface area contributed by atoms with Crippen molar-refractivity contribution in [3.05, 3.63) is 78.0 Å². The highest BCUT2D eigenvalue weighted by atomic mass is 19.1. The van der Waals surface area contributed by atoms with Gasteiger partial charge < -0.3 is 25.4 Å². The fourth-order valence-corrected chi connectivity index (χ4v) is 3.96. The Bertz CT molecular complexity index is 1530. The van der Waals surface area contributed by atoms with Crippen LogP contribution in [0, 0.1) is 17.1 Å². The van der Waals surface area contributed by atoms with Crippen LogP contribution in [0.15, 0.2) is 61.1 Å². The van der Waals surface area contributed by atoms with E-state index in [1.54, 1.807) is 40.0 Å². The summed E-state index contributed by atoms with van der Waals surface area (Å²) in [5.74, 6) is -0.481. The van der Waals surface area contributed by atoms with E-state index >= 15 is 4.39 Å². The fourth-order valence-electron chi connectivity index (χ4n) is 3.96. The number of benzene rings is 1. The second kappa shape index (κ2) is 12.3. The predicted molar refractivity (Wildman–Crippen MR) is 150 cm³/mol. The van der Waals surface area contributed by atoms with Gasteiger partial charge in [0.1, 0.15) is 17.4 Å². The number of pyridine rings is 2. The summed E-state index contributed by atoms with van der Waals surface area (Å²) in [6.45, 7) is 7.07. The summed E-state index contributed by atoms with van der Waals surface area (Å²) in [5, 5.41) is 26.4. The molecule has 0 radical (unpaired) electrons. The van der Waals surface area contributed by atoms with Gasteiger partial charge in [-0.1, -0.05) is 35.5 Å². The van der Waals surface area contributed by atoms with Gasteiger partial charge in [0.25, 0.3) is 0 Å². The van der Waals surface area contributed by atoms with Crippen LogP contribution in [0.5, 0.6) is 5.88 Å². The Morgan fingerprint density at radius 1 is 1.17 bits per heavy atom. The molecule has 0 aliphatic rings. The summed E-state index contributed by atoms with van der Waals surface area (Å²) in [6, 6.07) is 12.8. The molecule has 0 aliphatic heterocycles. The number of carbonyl (C=O) groups is 1. The number of methoxy groups -OCH3 is 1. The Morgan fingerprint density at radius 2 is 1.93 bits per heavy atom. The van der Waals surface area contributed by atoms with E-state index < -0.39 is 29.6 Å². The number of rotatable bonds is 9. The lowest BCUT2D eigenvalue weighted by Gasteiger charge is -2.28. The number of nitrogens with one attached hydrogen (secondary N) is 3. The van der Waals surface area contributed by atoms with Gasteiger partial charge in [-0.2, -0.15) is 5.26 Å². The quantitative estimate of drug-likeness (QED) is 0.258. The number of nitrogens with zero attached hydrogens (tertiary/aromatic N) is 6. The van der Waals surface area contributed by atoms with Crippen LogP contribution in [-0.4, -0.2) is 49.8 Å². The number of alkyl carbamates (subject to hydrolysis) is 1. The van der Waals surface area contributed by atoms with Gasteiger partial charge in [-0.15, -0.1) is 5.10 Å². The number of ether oxygens (including phenoxy) is 2. The summed E-state index contributed by atoms with van der Waals surface area (Å²) in [5.41, 5.74) is 0.984. The van der Waals surface area contributed by atoms with Gasteiger partial charge in [0.15, 0.2) is 17.5 Å². The van der Waals surface area contributed by atoms with E-state index in [2.05, 4.69) is 36.2 Å². The first-order valence-electron chi connectivity index (χ1n) is 12.7. The molecule has 0 aliphatic carbocycles. The van der Waals surface area contributed by atoms with E-state index in [-0.39, 0.29) is 17.2 Å². The molecular formula is C28H30FN9O3. The molecule has 0 spiro atoms. The number of amides is 1. The maximum Gasteiger partial charge on any atom is 0.407 e. The third kappa shape index (κ3) is 7.24. The van der Waals surface area contributed by atoms with Crippen molar-refractivity contribution in [1.82, 2.24) is 30.3 Å². The van der Waals surface area contributed by atoms with Gasteiger partial charge in [0.05, 0.1) is 49.0 Å². The molecule has 1 aromatic carbocycles. The summed E-state index contributed by atoms with van der Waals surface area (Å²) in [6.07, 6.45) is 4.00. The van der Waals surface area contributed by atoms with Crippen molar-refractivity contribution >= 4 is 23.4 Å². The Hall–Kier alpha value is -5.25. The number of aromatic nitrogens is 5. The van der Waals surface area contributed by atoms with Crippen LogP contribution < -0.4 is 20.7 Å². The minimum atomic E-state index is -0.742. The number of nitriles is 1. The number of halogens is 1. The lowest BCUT2D eigenvalue weighted by Crippen LogP contribution is -2.42. The largest absolute Gasteiger partial charge is 0.479 e. The Balaban J connectivity index is 1.66. The minimum Gasteiger partial charge on any atom is -0.479 e. The highest BCUT2D eigenvalue weighted by Gasteiger charge is 2.26. The molecule has 1 amide bonds. The van der Waals surface area contributed by atoms with Crippen molar-refractivity contribution in [3.8, 4) is 17.6 Å². The van der Waals surface area contributed by atoms with Crippen molar-refractivity contribution < 1.29 is 18.7 Å². The highest BCUT2D eigenvalue weighted by Crippen LogP contribution is 2.30. The van der Waals surface area contributed by atoms with Crippen LogP contribution in [0.4, 0.5) is 26.5 Å². The average Bonchev–Trinajstić information content (AvgIpc) is 3.47. The van der Waals surface area contributed by atoms with E-state index in [1.807, 2.05) is 36.4 Å². The highest BCUT2D eigenvalue weighted by molar-refractivity contribution is 5.69. The van der Waals surface area contributed by atoms with Crippen molar-refractivity contribution in [1.29, 1.82) is 5.26 Å². The molecule has 3 N–H and O–H groups in total.